The molecule has 0 aromatic heterocycles. The predicted molar refractivity (Wildman–Crippen MR) is 92.4 cm³/mol. The van der Waals surface area contributed by atoms with Crippen LogP contribution in [-0.4, -0.2) is 59.9 Å². The standard InChI is InChI=1S/C19H31N3O2/c23-18(20-12-14-7-8-14)15-4-3-10-21(13-15)19(24)17-9-11-22(17)16-5-1-2-6-16/h14-17H,1-13H2,(H,20,23). The fourth-order valence-electron chi connectivity index (χ4n) is 4.66. The van der Waals surface area contributed by atoms with Crippen LogP contribution in [-0.2, 0) is 9.59 Å². The largest absolute Gasteiger partial charge is 0.356 e. The van der Waals surface area contributed by atoms with Gasteiger partial charge in [0.2, 0.25) is 11.8 Å². The SMILES string of the molecule is O=C(NCC1CC1)C1CCCN(C(=O)C2CCN2C2CCCC2)C1. The number of rotatable bonds is 5. The van der Waals surface area contributed by atoms with E-state index in [2.05, 4.69) is 10.2 Å². The molecule has 2 unspecified atom stereocenters. The fourth-order valence-corrected chi connectivity index (χ4v) is 4.66. The molecule has 2 heterocycles. The first kappa shape index (κ1) is 16.4. The summed E-state index contributed by atoms with van der Waals surface area (Å²) in [6.45, 7) is 3.38. The molecule has 0 spiro atoms. The van der Waals surface area contributed by atoms with Gasteiger partial charge in [-0.25, -0.2) is 0 Å². The zero-order valence-corrected chi connectivity index (χ0v) is 14.7. The predicted octanol–water partition coefficient (Wildman–Crippen LogP) is 1.77. The van der Waals surface area contributed by atoms with E-state index in [9.17, 15) is 9.59 Å². The molecule has 2 aliphatic heterocycles. The van der Waals surface area contributed by atoms with E-state index in [1.807, 2.05) is 4.90 Å². The van der Waals surface area contributed by atoms with Crippen LogP contribution in [0.3, 0.4) is 0 Å². The van der Waals surface area contributed by atoms with Crippen LogP contribution in [0, 0.1) is 11.8 Å². The maximum Gasteiger partial charge on any atom is 0.240 e. The Morgan fingerprint density at radius 3 is 2.38 bits per heavy atom. The van der Waals surface area contributed by atoms with Gasteiger partial charge in [-0.2, -0.15) is 0 Å². The van der Waals surface area contributed by atoms with Crippen LogP contribution in [0.2, 0.25) is 0 Å². The molecular formula is C19H31N3O2. The molecule has 134 valence electrons. The van der Waals surface area contributed by atoms with E-state index in [0.29, 0.717) is 18.5 Å². The van der Waals surface area contributed by atoms with Crippen molar-refractivity contribution in [3.05, 3.63) is 0 Å². The minimum absolute atomic E-state index is 0.00135. The number of hydrogen-bond donors (Lipinski definition) is 1. The quantitative estimate of drug-likeness (QED) is 0.834. The molecule has 4 fully saturated rings. The average Bonchev–Trinajstić information content (AvgIpc) is 3.26. The Hall–Kier alpha value is -1.10. The molecule has 24 heavy (non-hydrogen) atoms. The first-order valence-corrected chi connectivity index (χ1v) is 10.0. The highest BCUT2D eigenvalue weighted by molar-refractivity contribution is 5.84. The molecule has 2 saturated carbocycles. The number of nitrogens with one attached hydrogen (secondary N) is 1. The van der Waals surface area contributed by atoms with Gasteiger partial charge in [0.1, 0.15) is 0 Å². The Morgan fingerprint density at radius 1 is 0.917 bits per heavy atom. The highest BCUT2D eigenvalue weighted by atomic mass is 16.2. The van der Waals surface area contributed by atoms with Crippen molar-refractivity contribution in [3.8, 4) is 0 Å². The fraction of sp³-hybridized carbons (Fsp3) is 0.895. The van der Waals surface area contributed by atoms with E-state index in [-0.39, 0.29) is 23.8 Å². The zero-order chi connectivity index (χ0) is 16.5. The van der Waals surface area contributed by atoms with E-state index in [0.717, 1.165) is 38.9 Å². The van der Waals surface area contributed by atoms with Gasteiger partial charge >= 0.3 is 0 Å². The third-order valence-electron chi connectivity index (χ3n) is 6.51. The van der Waals surface area contributed by atoms with Crippen LogP contribution in [0.25, 0.3) is 0 Å². The van der Waals surface area contributed by atoms with Crippen LogP contribution in [0.15, 0.2) is 0 Å². The summed E-state index contributed by atoms with van der Waals surface area (Å²) < 4.78 is 0. The topological polar surface area (TPSA) is 52.7 Å². The molecule has 0 radical (unpaired) electrons. The summed E-state index contributed by atoms with van der Waals surface area (Å²) in [5, 5.41) is 3.10. The number of amides is 2. The minimum Gasteiger partial charge on any atom is -0.356 e. The van der Waals surface area contributed by atoms with Crippen LogP contribution in [0.1, 0.15) is 57.8 Å². The minimum atomic E-state index is 0.00135. The molecule has 2 aliphatic carbocycles. The molecule has 2 amide bonds. The normalized spacial score (nSPS) is 31.8. The number of hydrogen-bond acceptors (Lipinski definition) is 3. The molecule has 4 rings (SSSR count). The van der Waals surface area contributed by atoms with Crippen molar-refractivity contribution in [2.75, 3.05) is 26.2 Å². The number of carbonyl (C=O) groups is 2. The first-order valence-electron chi connectivity index (χ1n) is 10.0. The molecule has 2 saturated heterocycles. The van der Waals surface area contributed by atoms with Crippen molar-refractivity contribution in [1.29, 1.82) is 0 Å². The van der Waals surface area contributed by atoms with E-state index in [1.54, 1.807) is 0 Å². The lowest BCUT2D eigenvalue weighted by atomic mass is 9.93. The van der Waals surface area contributed by atoms with Gasteiger partial charge in [0.25, 0.3) is 0 Å². The van der Waals surface area contributed by atoms with Crippen molar-refractivity contribution in [2.24, 2.45) is 11.8 Å². The maximum absolute atomic E-state index is 12.9. The summed E-state index contributed by atoms with van der Waals surface area (Å²) in [4.78, 5) is 29.7. The summed E-state index contributed by atoms with van der Waals surface area (Å²) in [6, 6.07) is 0.733. The number of likely N-dealkylation sites (tertiary alicyclic amines) is 2. The molecule has 0 bridgehead atoms. The lowest BCUT2D eigenvalue weighted by Crippen LogP contribution is -2.61. The third-order valence-corrected chi connectivity index (χ3v) is 6.51. The Morgan fingerprint density at radius 2 is 1.71 bits per heavy atom. The zero-order valence-electron chi connectivity index (χ0n) is 14.7. The molecule has 5 heteroatoms. The second-order valence-electron chi connectivity index (χ2n) is 8.29. The van der Waals surface area contributed by atoms with E-state index < -0.39 is 0 Å². The summed E-state index contributed by atoms with van der Waals surface area (Å²) in [5.41, 5.74) is 0. The van der Waals surface area contributed by atoms with Gasteiger partial charge < -0.3 is 10.2 Å². The van der Waals surface area contributed by atoms with Gasteiger partial charge in [-0.05, 0) is 50.9 Å². The van der Waals surface area contributed by atoms with Gasteiger partial charge in [0, 0.05) is 32.2 Å². The summed E-state index contributed by atoms with van der Waals surface area (Å²) in [5.74, 6) is 1.17. The Bertz CT molecular complexity index is 485. The molecule has 5 nitrogen and oxygen atoms in total. The van der Waals surface area contributed by atoms with E-state index >= 15 is 0 Å². The smallest absolute Gasteiger partial charge is 0.240 e. The first-order chi connectivity index (χ1) is 11.7. The van der Waals surface area contributed by atoms with Crippen LogP contribution in [0.4, 0.5) is 0 Å². The molecule has 1 N–H and O–H groups in total. The Balaban J connectivity index is 1.29. The second kappa shape index (κ2) is 7.03. The van der Waals surface area contributed by atoms with Crippen molar-refractivity contribution < 1.29 is 9.59 Å². The van der Waals surface area contributed by atoms with E-state index in [1.165, 1.54) is 38.5 Å². The average molecular weight is 333 g/mol. The van der Waals surface area contributed by atoms with E-state index in [4.69, 9.17) is 0 Å². The van der Waals surface area contributed by atoms with Crippen molar-refractivity contribution in [1.82, 2.24) is 15.1 Å². The molecule has 4 aliphatic rings. The summed E-state index contributed by atoms with van der Waals surface area (Å²) in [6.07, 6.45) is 10.6. The second-order valence-corrected chi connectivity index (χ2v) is 8.29. The van der Waals surface area contributed by atoms with Gasteiger partial charge in [0.05, 0.1) is 12.0 Å². The van der Waals surface area contributed by atoms with Crippen LogP contribution in [0.5, 0.6) is 0 Å². The third kappa shape index (κ3) is 3.46. The Labute approximate surface area is 145 Å². The monoisotopic (exact) mass is 333 g/mol. The number of carbonyl (C=O) groups excluding carboxylic acids is 2. The van der Waals surface area contributed by atoms with Gasteiger partial charge in [-0.1, -0.05) is 12.8 Å². The lowest BCUT2D eigenvalue weighted by Gasteiger charge is -2.46. The van der Waals surface area contributed by atoms with Gasteiger partial charge in [-0.15, -0.1) is 0 Å². The van der Waals surface area contributed by atoms with Gasteiger partial charge in [-0.3, -0.25) is 14.5 Å². The number of piperidine rings is 1. The van der Waals surface area contributed by atoms with Crippen molar-refractivity contribution in [2.45, 2.75) is 69.9 Å². The van der Waals surface area contributed by atoms with Crippen molar-refractivity contribution in [3.63, 3.8) is 0 Å². The van der Waals surface area contributed by atoms with Crippen LogP contribution >= 0.6 is 0 Å². The van der Waals surface area contributed by atoms with Gasteiger partial charge in [0.15, 0.2) is 0 Å². The molecular weight excluding hydrogens is 302 g/mol. The lowest BCUT2D eigenvalue weighted by molar-refractivity contribution is -0.146. The molecule has 2 atom stereocenters. The Kier molecular flexibility index (Phi) is 4.79. The van der Waals surface area contributed by atoms with Crippen molar-refractivity contribution >= 4 is 11.8 Å². The molecule has 0 aromatic carbocycles. The molecule has 0 aromatic rings. The maximum atomic E-state index is 12.9. The highest BCUT2D eigenvalue weighted by Gasteiger charge is 2.42. The summed E-state index contributed by atoms with van der Waals surface area (Å²) in [7, 11) is 0. The van der Waals surface area contributed by atoms with Crippen LogP contribution < -0.4 is 5.32 Å². The summed E-state index contributed by atoms with van der Waals surface area (Å²) >= 11 is 0. The number of nitrogens with zero attached hydrogens (tertiary/aromatic N) is 2. The highest BCUT2D eigenvalue weighted by Crippen LogP contribution is 2.32.